The summed E-state index contributed by atoms with van der Waals surface area (Å²) in [5, 5.41) is 0. The van der Waals surface area contributed by atoms with Crippen molar-refractivity contribution in [2.45, 2.75) is 13.0 Å². The molecule has 1 aliphatic rings. The van der Waals surface area contributed by atoms with E-state index in [4.69, 9.17) is 14.2 Å². The normalized spacial score (nSPS) is 18.1. The van der Waals surface area contributed by atoms with Gasteiger partial charge in [0.2, 0.25) is 0 Å². The maximum Gasteiger partial charge on any atom is 0.330 e. The lowest BCUT2D eigenvalue weighted by Gasteiger charge is -2.12. The number of hydrogen-bond donors (Lipinski definition) is 0. The highest BCUT2D eigenvalue weighted by Crippen LogP contribution is 2.30. The summed E-state index contributed by atoms with van der Waals surface area (Å²) in [6, 6.07) is 5.69. The van der Waals surface area contributed by atoms with Crippen LogP contribution in [0.4, 0.5) is 0 Å². The van der Waals surface area contributed by atoms with Crippen molar-refractivity contribution in [1.82, 2.24) is 0 Å². The molecular weight excluding hydrogens is 220 g/mol. The van der Waals surface area contributed by atoms with Gasteiger partial charge in [-0.3, -0.25) is 0 Å². The predicted octanol–water partition coefficient (Wildman–Crippen LogP) is 1.86. The third kappa shape index (κ3) is 2.78. The van der Waals surface area contributed by atoms with Gasteiger partial charge in [0, 0.05) is 6.08 Å². The first-order valence-electron chi connectivity index (χ1n) is 5.38. The number of rotatable bonds is 2. The SMILES string of the molecule is C=CC(=O)OC1COc2ccc(C)cc2OC1. The first-order valence-corrected chi connectivity index (χ1v) is 5.38. The van der Waals surface area contributed by atoms with Crippen molar-refractivity contribution in [3.63, 3.8) is 0 Å². The van der Waals surface area contributed by atoms with Crippen LogP contribution in [0.15, 0.2) is 30.9 Å². The Morgan fingerprint density at radius 1 is 1.41 bits per heavy atom. The van der Waals surface area contributed by atoms with Crippen LogP contribution in [0.1, 0.15) is 5.56 Å². The van der Waals surface area contributed by atoms with Crippen molar-refractivity contribution in [2.24, 2.45) is 0 Å². The van der Waals surface area contributed by atoms with Gasteiger partial charge in [-0.2, -0.15) is 0 Å². The average Bonchev–Trinajstić information content (AvgIpc) is 2.52. The molecule has 1 aromatic carbocycles. The number of carbonyl (C=O) groups excluding carboxylic acids is 1. The Morgan fingerprint density at radius 3 is 2.82 bits per heavy atom. The zero-order chi connectivity index (χ0) is 12.3. The standard InChI is InChI=1S/C13H14O4/c1-3-13(14)17-10-7-15-11-5-4-9(2)6-12(11)16-8-10/h3-6,10H,1,7-8H2,2H3. The number of ether oxygens (including phenoxy) is 3. The molecule has 1 unspecified atom stereocenters. The fourth-order valence-electron chi connectivity index (χ4n) is 1.54. The smallest absolute Gasteiger partial charge is 0.330 e. The molecule has 1 aromatic rings. The molecule has 0 amide bonds. The summed E-state index contributed by atoms with van der Waals surface area (Å²) >= 11 is 0. The van der Waals surface area contributed by atoms with Gasteiger partial charge >= 0.3 is 5.97 Å². The van der Waals surface area contributed by atoms with Gasteiger partial charge in [-0.25, -0.2) is 4.79 Å². The van der Waals surface area contributed by atoms with Crippen molar-refractivity contribution >= 4 is 5.97 Å². The highest BCUT2D eigenvalue weighted by atomic mass is 16.6. The van der Waals surface area contributed by atoms with Crippen molar-refractivity contribution in [3.05, 3.63) is 36.4 Å². The molecule has 1 heterocycles. The molecule has 0 fully saturated rings. The van der Waals surface area contributed by atoms with Crippen molar-refractivity contribution in [2.75, 3.05) is 13.2 Å². The number of carbonyl (C=O) groups is 1. The van der Waals surface area contributed by atoms with Crippen LogP contribution < -0.4 is 9.47 Å². The fraction of sp³-hybridized carbons (Fsp3) is 0.308. The molecule has 0 aromatic heterocycles. The van der Waals surface area contributed by atoms with Crippen molar-refractivity contribution < 1.29 is 19.0 Å². The average molecular weight is 234 g/mol. The van der Waals surface area contributed by atoms with Gasteiger partial charge in [0.05, 0.1) is 0 Å². The van der Waals surface area contributed by atoms with E-state index in [2.05, 4.69) is 6.58 Å². The largest absolute Gasteiger partial charge is 0.486 e. The van der Waals surface area contributed by atoms with E-state index >= 15 is 0 Å². The number of esters is 1. The van der Waals surface area contributed by atoms with E-state index in [0.717, 1.165) is 11.6 Å². The molecule has 17 heavy (non-hydrogen) atoms. The van der Waals surface area contributed by atoms with Crippen LogP contribution in [0.25, 0.3) is 0 Å². The Balaban J connectivity index is 2.06. The third-order valence-electron chi connectivity index (χ3n) is 2.40. The van der Waals surface area contributed by atoms with Gasteiger partial charge in [-0.15, -0.1) is 0 Å². The lowest BCUT2D eigenvalue weighted by molar-refractivity contribution is -0.145. The second-order valence-corrected chi connectivity index (χ2v) is 3.84. The van der Waals surface area contributed by atoms with Crippen molar-refractivity contribution in [1.29, 1.82) is 0 Å². The summed E-state index contributed by atoms with van der Waals surface area (Å²) in [5.74, 6) is 0.888. The fourth-order valence-corrected chi connectivity index (χ4v) is 1.54. The first kappa shape index (κ1) is 11.5. The number of aryl methyl sites for hydroxylation is 1. The Morgan fingerprint density at radius 2 is 2.12 bits per heavy atom. The molecule has 1 atom stereocenters. The quantitative estimate of drug-likeness (QED) is 0.578. The highest BCUT2D eigenvalue weighted by Gasteiger charge is 2.20. The number of fused-ring (bicyclic) bond motifs is 1. The molecule has 0 bridgehead atoms. The summed E-state index contributed by atoms with van der Waals surface area (Å²) in [4.78, 5) is 11.1. The molecule has 0 radical (unpaired) electrons. The highest BCUT2D eigenvalue weighted by molar-refractivity contribution is 5.81. The lowest BCUT2D eigenvalue weighted by Crippen LogP contribution is -2.28. The number of hydrogen-bond acceptors (Lipinski definition) is 4. The van der Waals surface area contributed by atoms with Gasteiger partial charge in [0.25, 0.3) is 0 Å². The van der Waals surface area contributed by atoms with Crippen LogP contribution in [-0.2, 0) is 9.53 Å². The molecular formula is C13H14O4. The molecule has 90 valence electrons. The van der Waals surface area contributed by atoms with Crippen LogP contribution in [-0.4, -0.2) is 25.3 Å². The minimum Gasteiger partial charge on any atom is -0.486 e. The minimum absolute atomic E-state index is 0.287. The van der Waals surface area contributed by atoms with E-state index in [9.17, 15) is 4.79 Å². The van der Waals surface area contributed by atoms with Gasteiger partial charge in [-0.05, 0) is 24.6 Å². The molecule has 0 aliphatic carbocycles. The second-order valence-electron chi connectivity index (χ2n) is 3.84. The van der Waals surface area contributed by atoms with Crippen LogP contribution in [0.2, 0.25) is 0 Å². The van der Waals surface area contributed by atoms with E-state index in [1.807, 2.05) is 25.1 Å². The summed E-state index contributed by atoms with van der Waals surface area (Å²) < 4.78 is 16.2. The predicted molar refractivity (Wildman–Crippen MR) is 62.2 cm³/mol. The van der Waals surface area contributed by atoms with Crippen LogP contribution >= 0.6 is 0 Å². The van der Waals surface area contributed by atoms with Gasteiger partial charge in [0.15, 0.2) is 17.6 Å². The first-order chi connectivity index (χ1) is 8.19. The Labute approximate surface area is 99.8 Å². The van der Waals surface area contributed by atoms with E-state index < -0.39 is 12.1 Å². The molecule has 4 heteroatoms. The summed E-state index contributed by atoms with van der Waals surface area (Å²) in [7, 11) is 0. The molecule has 0 saturated carbocycles. The molecule has 0 saturated heterocycles. The monoisotopic (exact) mass is 234 g/mol. The van der Waals surface area contributed by atoms with E-state index in [1.54, 1.807) is 0 Å². The maximum absolute atomic E-state index is 11.1. The lowest BCUT2D eigenvalue weighted by atomic mass is 10.2. The summed E-state index contributed by atoms with van der Waals surface area (Å²) in [5.41, 5.74) is 1.09. The van der Waals surface area contributed by atoms with Gasteiger partial charge in [-0.1, -0.05) is 12.6 Å². The Kier molecular flexibility index (Phi) is 3.32. The third-order valence-corrected chi connectivity index (χ3v) is 2.40. The summed E-state index contributed by atoms with van der Waals surface area (Å²) in [6.45, 7) is 5.90. The van der Waals surface area contributed by atoms with Crippen molar-refractivity contribution in [3.8, 4) is 11.5 Å². The van der Waals surface area contributed by atoms with Gasteiger partial charge < -0.3 is 14.2 Å². The zero-order valence-corrected chi connectivity index (χ0v) is 9.64. The zero-order valence-electron chi connectivity index (χ0n) is 9.64. The van der Waals surface area contributed by atoms with Crippen LogP contribution in [0.3, 0.4) is 0 Å². The molecule has 2 rings (SSSR count). The van der Waals surface area contributed by atoms with E-state index in [1.165, 1.54) is 0 Å². The topological polar surface area (TPSA) is 44.8 Å². The van der Waals surface area contributed by atoms with E-state index in [0.29, 0.717) is 11.5 Å². The molecule has 0 spiro atoms. The van der Waals surface area contributed by atoms with Gasteiger partial charge in [0.1, 0.15) is 13.2 Å². The Hall–Kier alpha value is -1.97. The number of benzene rings is 1. The maximum atomic E-state index is 11.1. The molecule has 4 nitrogen and oxygen atoms in total. The van der Waals surface area contributed by atoms with E-state index in [-0.39, 0.29) is 13.2 Å². The summed E-state index contributed by atoms with van der Waals surface area (Å²) in [6.07, 6.45) is 0.718. The molecule has 0 N–H and O–H groups in total. The van der Waals surface area contributed by atoms with Crippen LogP contribution in [0, 0.1) is 6.92 Å². The van der Waals surface area contributed by atoms with Crippen LogP contribution in [0.5, 0.6) is 11.5 Å². The second kappa shape index (κ2) is 4.91. The molecule has 1 aliphatic heterocycles. The Bertz CT molecular complexity index is 439. The minimum atomic E-state index is -0.468.